The van der Waals surface area contributed by atoms with Crippen molar-refractivity contribution in [3.8, 4) is 0 Å². The Labute approximate surface area is 116 Å². The van der Waals surface area contributed by atoms with Crippen LogP contribution in [0.2, 0.25) is 0 Å². The highest BCUT2D eigenvalue weighted by Crippen LogP contribution is 2.28. The summed E-state index contributed by atoms with van der Waals surface area (Å²) in [5.41, 5.74) is 0.355. The SMILES string of the molecule is CCCN(C(=O)c1csc(C(=O)OCC)n1)C1CC1. The molecule has 1 aliphatic carbocycles. The average Bonchev–Trinajstić information content (AvgIpc) is 3.11. The van der Waals surface area contributed by atoms with E-state index in [0.717, 1.165) is 37.1 Å². The summed E-state index contributed by atoms with van der Waals surface area (Å²) in [4.78, 5) is 29.8. The second-order valence-electron chi connectivity index (χ2n) is 4.49. The molecule has 2 rings (SSSR count). The van der Waals surface area contributed by atoms with Crippen molar-refractivity contribution in [3.05, 3.63) is 16.1 Å². The number of thiazole rings is 1. The second kappa shape index (κ2) is 6.14. The molecule has 1 saturated carbocycles. The van der Waals surface area contributed by atoms with Gasteiger partial charge in [-0.15, -0.1) is 11.3 Å². The molecule has 0 atom stereocenters. The van der Waals surface area contributed by atoms with Gasteiger partial charge in [-0.2, -0.15) is 0 Å². The number of carbonyl (C=O) groups excluding carboxylic acids is 2. The third-order valence-electron chi connectivity index (χ3n) is 2.89. The van der Waals surface area contributed by atoms with Gasteiger partial charge >= 0.3 is 5.97 Å². The van der Waals surface area contributed by atoms with E-state index in [1.807, 2.05) is 11.8 Å². The highest BCUT2D eigenvalue weighted by Gasteiger charge is 2.33. The zero-order chi connectivity index (χ0) is 13.8. The Balaban J connectivity index is 2.08. The summed E-state index contributed by atoms with van der Waals surface area (Å²) in [5.74, 6) is -0.531. The minimum Gasteiger partial charge on any atom is -0.461 e. The number of nitrogens with zero attached hydrogens (tertiary/aromatic N) is 2. The number of aromatic nitrogens is 1. The van der Waals surface area contributed by atoms with Gasteiger partial charge in [0.15, 0.2) is 0 Å². The quantitative estimate of drug-likeness (QED) is 0.751. The molecule has 1 amide bonds. The molecule has 0 spiro atoms. The van der Waals surface area contributed by atoms with Crippen LogP contribution >= 0.6 is 11.3 Å². The van der Waals surface area contributed by atoms with E-state index >= 15 is 0 Å². The molecule has 0 bridgehead atoms. The topological polar surface area (TPSA) is 59.5 Å². The average molecular weight is 282 g/mol. The first-order chi connectivity index (χ1) is 9.17. The lowest BCUT2D eigenvalue weighted by Crippen LogP contribution is -2.34. The standard InChI is InChI=1S/C13H18N2O3S/c1-3-7-15(9-5-6-9)12(16)10-8-19-11(14-10)13(17)18-4-2/h8-9H,3-7H2,1-2H3. The van der Waals surface area contributed by atoms with Crippen LogP contribution in [0.15, 0.2) is 5.38 Å². The van der Waals surface area contributed by atoms with Crippen LogP contribution in [0, 0.1) is 0 Å². The van der Waals surface area contributed by atoms with Crippen LogP contribution in [-0.2, 0) is 4.74 Å². The molecule has 1 heterocycles. The van der Waals surface area contributed by atoms with Gasteiger partial charge in [0.25, 0.3) is 5.91 Å². The monoisotopic (exact) mass is 282 g/mol. The molecule has 1 fully saturated rings. The first-order valence-corrected chi connectivity index (χ1v) is 7.49. The summed E-state index contributed by atoms with van der Waals surface area (Å²) in [6.07, 6.45) is 3.07. The van der Waals surface area contributed by atoms with Gasteiger partial charge in [-0.25, -0.2) is 9.78 Å². The lowest BCUT2D eigenvalue weighted by molar-refractivity contribution is 0.0526. The number of carbonyl (C=O) groups is 2. The van der Waals surface area contributed by atoms with Gasteiger partial charge in [0.1, 0.15) is 5.69 Å². The summed E-state index contributed by atoms with van der Waals surface area (Å²) < 4.78 is 4.87. The lowest BCUT2D eigenvalue weighted by Gasteiger charge is -2.20. The Hall–Kier alpha value is -1.43. The minimum atomic E-state index is -0.458. The maximum absolute atomic E-state index is 12.3. The summed E-state index contributed by atoms with van der Waals surface area (Å²) in [6.45, 7) is 4.85. The van der Waals surface area contributed by atoms with Gasteiger partial charge in [0, 0.05) is 18.0 Å². The van der Waals surface area contributed by atoms with Crippen molar-refractivity contribution in [2.45, 2.75) is 39.2 Å². The molecular formula is C13H18N2O3S. The molecule has 0 aromatic carbocycles. The fourth-order valence-corrected chi connectivity index (χ4v) is 2.57. The van der Waals surface area contributed by atoms with E-state index in [-0.39, 0.29) is 10.9 Å². The molecule has 0 N–H and O–H groups in total. The van der Waals surface area contributed by atoms with Crippen molar-refractivity contribution < 1.29 is 14.3 Å². The third-order valence-corrected chi connectivity index (χ3v) is 3.71. The van der Waals surface area contributed by atoms with E-state index in [9.17, 15) is 9.59 Å². The number of ether oxygens (including phenoxy) is 1. The number of hydrogen-bond acceptors (Lipinski definition) is 5. The van der Waals surface area contributed by atoms with E-state index in [1.165, 1.54) is 0 Å². The van der Waals surface area contributed by atoms with E-state index in [4.69, 9.17) is 4.74 Å². The van der Waals surface area contributed by atoms with E-state index in [2.05, 4.69) is 4.98 Å². The molecule has 5 nitrogen and oxygen atoms in total. The van der Waals surface area contributed by atoms with Crippen molar-refractivity contribution in [3.63, 3.8) is 0 Å². The molecule has 1 aromatic rings. The predicted octanol–water partition coefficient (Wildman–Crippen LogP) is 2.33. The van der Waals surface area contributed by atoms with Crippen molar-refractivity contribution in [1.29, 1.82) is 0 Å². The van der Waals surface area contributed by atoms with Crippen molar-refractivity contribution in [2.75, 3.05) is 13.2 Å². The zero-order valence-corrected chi connectivity index (χ0v) is 12.0. The van der Waals surface area contributed by atoms with E-state index < -0.39 is 5.97 Å². The number of rotatable bonds is 6. The maximum Gasteiger partial charge on any atom is 0.367 e. The normalized spacial score (nSPS) is 14.2. The molecule has 0 unspecified atom stereocenters. The van der Waals surface area contributed by atoms with Crippen LogP contribution in [0.3, 0.4) is 0 Å². The molecule has 0 saturated heterocycles. The van der Waals surface area contributed by atoms with Gasteiger partial charge in [0.05, 0.1) is 6.61 Å². The summed E-state index contributed by atoms with van der Waals surface area (Å²) in [7, 11) is 0. The highest BCUT2D eigenvalue weighted by atomic mass is 32.1. The van der Waals surface area contributed by atoms with Crippen molar-refractivity contribution in [2.24, 2.45) is 0 Å². The Morgan fingerprint density at radius 1 is 1.47 bits per heavy atom. The molecule has 104 valence electrons. The Morgan fingerprint density at radius 2 is 2.21 bits per heavy atom. The molecule has 0 aliphatic heterocycles. The Bertz CT molecular complexity index is 468. The molecule has 6 heteroatoms. The van der Waals surface area contributed by atoms with Crippen LogP contribution in [0.1, 0.15) is 53.4 Å². The molecule has 0 radical (unpaired) electrons. The molecule has 1 aliphatic rings. The van der Waals surface area contributed by atoms with E-state index in [1.54, 1.807) is 12.3 Å². The third kappa shape index (κ3) is 3.32. The maximum atomic E-state index is 12.3. The van der Waals surface area contributed by atoms with Crippen LogP contribution in [-0.4, -0.2) is 41.0 Å². The Kier molecular flexibility index (Phi) is 4.52. The minimum absolute atomic E-state index is 0.0730. The van der Waals surface area contributed by atoms with Gasteiger partial charge in [-0.3, -0.25) is 4.79 Å². The van der Waals surface area contributed by atoms with Crippen LogP contribution in [0.5, 0.6) is 0 Å². The number of amides is 1. The summed E-state index contributed by atoms with van der Waals surface area (Å²) in [6, 6.07) is 0.361. The fraction of sp³-hybridized carbons (Fsp3) is 0.615. The fourth-order valence-electron chi connectivity index (χ4n) is 1.88. The first-order valence-electron chi connectivity index (χ1n) is 6.61. The number of esters is 1. The van der Waals surface area contributed by atoms with Gasteiger partial charge in [0.2, 0.25) is 5.01 Å². The first kappa shape index (κ1) is 14.0. The van der Waals surface area contributed by atoms with Crippen LogP contribution in [0.4, 0.5) is 0 Å². The van der Waals surface area contributed by atoms with Crippen molar-refractivity contribution in [1.82, 2.24) is 9.88 Å². The summed E-state index contributed by atoms with van der Waals surface area (Å²) >= 11 is 1.16. The molecule has 19 heavy (non-hydrogen) atoms. The van der Waals surface area contributed by atoms with Gasteiger partial charge in [-0.1, -0.05) is 6.92 Å². The molecular weight excluding hydrogens is 264 g/mol. The predicted molar refractivity (Wildman–Crippen MR) is 72.4 cm³/mol. The molecule has 1 aromatic heterocycles. The lowest BCUT2D eigenvalue weighted by atomic mass is 10.3. The second-order valence-corrected chi connectivity index (χ2v) is 5.35. The Morgan fingerprint density at radius 3 is 2.79 bits per heavy atom. The van der Waals surface area contributed by atoms with Crippen LogP contribution < -0.4 is 0 Å². The highest BCUT2D eigenvalue weighted by molar-refractivity contribution is 7.11. The largest absolute Gasteiger partial charge is 0.461 e. The smallest absolute Gasteiger partial charge is 0.367 e. The van der Waals surface area contributed by atoms with Crippen LogP contribution in [0.25, 0.3) is 0 Å². The van der Waals surface area contributed by atoms with Crippen molar-refractivity contribution >= 4 is 23.2 Å². The zero-order valence-electron chi connectivity index (χ0n) is 11.2. The number of hydrogen-bond donors (Lipinski definition) is 0. The summed E-state index contributed by atoms with van der Waals surface area (Å²) in [5, 5.41) is 1.89. The van der Waals surface area contributed by atoms with E-state index in [0.29, 0.717) is 18.3 Å². The van der Waals surface area contributed by atoms with Gasteiger partial charge < -0.3 is 9.64 Å². The van der Waals surface area contributed by atoms with Gasteiger partial charge in [-0.05, 0) is 26.2 Å².